The number of halogens is 3. The quantitative estimate of drug-likeness (QED) is 0.787. The Bertz CT molecular complexity index is 358. The molecule has 0 aromatic heterocycles. The Morgan fingerprint density at radius 1 is 1.33 bits per heavy atom. The molecule has 84 valence electrons. The molecule has 0 heterocycles. The minimum atomic E-state index is -1.31. The van der Waals surface area contributed by atoms with Gasteiger partial charge in [0.15, 0.2) is 11.6 Å². The average molecular weight is 237 g/mol. The van der Waals surface area contributed by atoms with Gasteiger partial charge in [-0.25, -0.2) is 8.78 Å². The molecule has 1 rings (SSSR count). The molecular weight excluding hydrogens is 226 g/mol. The van der Waals surface area contributed by atoms with E-state index < -0.39 is 23.8 Å². The van der Waals surface area contributed by atoms with Crippen molar-refractivity contribution in [2.75, 3.05) is 5.88 Å². The fourth-order valence-corrected chi connectivity index (χ4v) is 1.45. The summed E-state index contributed by atoms with van der Waals surface area (Å²) in [5.41, 5.74) is 0.119. The molecule has 2 N–H and O–H groups in total. The lowest BCUT2D eigenvalue weighted by Gasteiger charge is -2.18. The van der Waals surface area contributed by atoms with Crippen molar-refractivity contribution in [3.8, 4) is 0 Å². The van der Waals surface area contributed by atoms with Gasteiger partial charge in [0, 0.05) is 0 Å². The number of aliphatic hydroxyl groups excluding tert-OH is 2. The Kier molecular flexibility index (Phi) is 4.02. The molecule has 0 radical (unpaired) electrons. The number of hydrogen-bond donors (Lipinski definition) is 2. The number of hydrogen-bond acceptors (Lipinski definition) is 2. The molecule has 0 aliphatic rings. The molecule has 0 fully saturated rings. The first kappa shape index (κ1) is 12.4. The average Bonchev–Trinajstić information content (AvgIpc) is 2.24. The summed E-state index contributed by atoms with van der Waals surface area (Å²) < 4.78 is 25.9. The van der Waals surface area contributed by atoms with E-state index in [9.17, 15) is 19.0 Å². The van der Waals surface area contributed by atoms with Crippen LogP contribution in [0.15, 0.2) is 12.1 Å². The van der Waals surface area contributed by atoms with Gasteiger partial charge in [0.1, 0.15) is 6.10 Å². The Hall–Kier alpha value is -0.710. The molecule has 0 aliphatic carbocycles. The van der Waals surface area contributed by atoms with Crippen LogP contribution in [0.2, 0.25) is 0 Å². The van der Waals surface area contributed by atoms with Crippen molar-refractivity contribution in [1.29, 1.82) is 0 Å². The zero-order valence-corrected chi connectivity index (χ0v) is 8.80. The van der Waals surface area contributed by atoms with Gasteiger partial charge in [-0.1, -0.05) is 6.07 Å². The van der Waals surface area contributed by atoms with Crippen LogP contribution in [-0.4, -0.2) is 22.2 Å². The van der Waals surface area contributed by atoms with Crippen molar-refractivity contribution in [2.24, 2.45) is 0 Å². The monoisotopic (exact) mass is 236 g/mol. The van der Waals surface area contributed by atoms with Crippen LogP contribution in [0.1, 0.15) is 17.2 Å². The van der Waals surface area contributed by atoms with Crippen LogP contribution in [0.3, 0.4) is 0 Å². The number of benzene rings is 1. The lowest BCUT2D eigenvalue weighted by atomic mass is 9.99. The van der Waals surface area contributed by atoms with Crippen molar-refractivity contribution in [3.05, 3.63) is 34.9 Å². The predicted octanol–water partition coefficient (Wildman–Crippen LogP) is 1.91. The summed E-state index contributed by atoms with van der Waals surface area (Å²) in [7, 11) is 0. The summed E-state index contributed by atoms with van der Waals surface area (Å²) in [4.78, 5) is 0. The largest absolute Gasteiger partial charge is 0.389 e. The smallest absolute Gasteiger partial charge is 0.162 e. The second kappa shape index (κ2) is 4.88. The summed E-state index contributed by atoms with van der Waals surface area (Å²) in [5, 5.41) is 18.8. The maximum Gasteiger partial charge on any atom is 0.162 e. The molecule has 1 aromatic carbocycles. The molecule has 2 atom stereocenters. The highest BCUT2D eigenvalue weighted by Crippen LogP contribution is 2.24. The Labute approximate surface area is 91.1 Å². The maximum atomic E-state index is 13.1. The van der Waals surface area contributed by atoms with Gasteiger partial charge in [-0.15, -0.1) is 11.6 Å². The zero-order chi connectivity index (χ0) is 11.6. The predicted molar refractivity (Wildman–Crippen MR) is 52.8 cm³/mol. The van der Waals surface area contributed by atoms with E-state index in [0.717, 1.165) is 6.07 Å². The summed E-state index contributed by atoms with van der Waals surface area (Å²) >= 11 is 5.34. The van der Waals surface area contributed by atoms with E-state index in [2.05, 4.69) is 0 Å². The molecule has 0 saturated heterocycles. The summed E-state index contributed by atoms with van der Waals surface area (Å²) in [6.45, 7) is 1.33. The first-order valence-electron chi connectivity index (χ1n) is 4.35. The van der Waals surface area contributed by atoms with Gasteiger partial charge in [-0.2, -0.15) is 0 Å². The SMILES string of the molecule is Cc1c(C(O)C(O)CCl)ccc(F)c1F. The first-order valence-corrected chi connectivity index (χ1v) is 4.89. The standard InChI is InChI=1S/C10H11ClF2O2/c1-5-6(10(15)8(14)4-11)2-3-7(12)9(5)13/h2-3,8,10,14-15H,4H2,1H3. The fraction of sp³-hybridized carbons (Fsp3) is 0.400. The van der Waals surface area contributed by atoms with E-state index in [1.807, 2.05) is 0 Å². The summed E-state index contributed by atoms with van der Waals surface area (Å²) in [5.74, 6) is -2.18. The Morgan fingerprint density at radius 3 is 2.47 bits per heavy atom. The molecule has 2 unspecified atom stereocenters. The van der Waals surface area contributed by atoms with Crippen molar-refractivity contribution < 1.29 is 19.0 Å². The van der Waals surface area contributed by atoms with E-state index in [0.29, 0.717) is 0 Å². The molecule has 0 bridgehead atoms. The van der Waals surface area contributed by atoms with Crippen LogP contribution < -0.4 is 0 Å². The molecular formula is C10H11ClF2O2. The van der Waals surface area contributed by atoms with E-state index >= 15 is 0 Å². The van der Waals surface area contributed by atoms with Gasteiger partial charge in [0.25, 0.3) is 0 Å². The lowest BCUT2D eigenvalue weighted by molar-refractivity contribution is 0.0320. The van der Waals surface area contributed by atoms with Crippen LogP contribution >= 0.6 is 11.6 Å². The van der Waals surface area contributed by atoms with Crippen LogP contribution in [-0.2, 0) is 0 Å². The third-order valence-corrected chi connectivity index (χ3v) is 2.54. The molecule has 15 heavy (non-hydrogen) atoms. The number of aliphatic hydroxyl groups is 2. The molecule has 0 saturated carbocycles. The molecule has 2 nitrogen and oxygen atoms in total. The Balaban J connectivity index is 3.10. The van der Waals surface area contributed by atoms with Gasteiger partial charge in [0.2, 0.25) is 0 Å². The highest BCUT2D eigenvalue weighted by atomic mass is 35.5. The second-order valence-corrected chi connectivity index (χ2v) is 3.55. The highest BCUT2D eigenvalue weighted by molar-refractivity contribution is 6.18. The van der Waals surface area contributed by atoms with Gasteiger partial charge < -0.3 is 10.2 Å². The van der Waals surface area contributed by atoms with E-state index in [-0.39, 0.29) is 17.0 Å². The normalized spacial score (nSPS) is 15.1. The lowest BCUT2D eigenvalue weighted by Crippen LogP contribution is -2.21. The first-order chi connectivity index (χ1) is 6.99. The minimum absolute atomic E-state index is 0.0216. The van der Waals surface area contributed by atoms with Crippen LogP contribution in [0.25, 0.3) is 0 Å². The summed E-state index contributed by atoms with van der Waals surface area (Å²) in [6.07, 6.45) is -2.51. The molecule has 1 aromatic rings. The van der Waals surface area contributed by atoms with Gasteiger partial charge in [-0.05, 0) is 24.1 Å². The second-order valence-electron chi connectivity index (χ2n) is 3.24. The van der Waals surface area contributed by atoms with Crippen molar-refractivity contribution in [1.82, 2.24) is 0 Å². The van der Waals surface area contributed by atoms with Crippen molar-refractivity contribution in [2.45, 2.75) is 19.1 Å². The molecule has 0 aliphatic heterocycles. The third kappa shape index (κ3) is 2.45. The van der Waals surface area contributed by atoms with Crippen LogP contribution in [0.5, 0.6) is 0 Å². The van der Waals surface area contributed by atoms with Gasteiger partial charge >= 0.3 is 0 Å². The van der Waals surface area contributed by atoms with E-state index in [4.69, 9.17) is 11.6 Å². The number of alkyl halides is 1. The van der Waals surface area contributed by atoms with Gasteiger partial charge in [0.05, 0.1) is 12.0 Å². The Morgan fingerprint density at radius 2 is 1.93 bits per heavy atom. The van der Waals surface area contributed by atoms with Crippen LogP contribution in [0, 0.1) is 18.6 Å². The maximum absolute atomic E-state index is 13.1. The third-order valence-electron chi connectivity index (χ3n) is 2.22. The zero-order valence-electron chi connectivity index (χ0n) is 8.04. The van der Waals surface area contributed by atoms with Crippen molar-refractivity contribution >= 4 is 11.6 Å². The highest BCUT2D eigenvalue weighted by Gasteiger charge is 2.21. The topological polar surface area (TPSA) is 40.5 Å². The van der Waals surface area contributed by atoms with Crippen molar-refractivity contribution in [3.63, 3.8) is 0 Å². The summed E-state index contributed by atoms with van der Waals surface area (Å²) in [6, 6.07) is 2.13. The minimum Gasteiger partial charge on any atom is -0.389 e. The molecule has 0 spiro atoms. The van der Waals surface area contributed by atoms with E-state index in [1.54, 1.807) is 0 Å². The molecule has 0 amide bonds. The van der Waals surface area contributed by atoms with Crippen LogP contribution in [0.4, 0.5) is 8.78 Å². The molecule has 5 heteroatoms. The number of rotatable bonds is 3. The van der Waals surface area contributed by atoms with Gasteiger partial charge in [-0.3, -0.25) is 0 Å². The fourth-order valence-electron chi connectivity index (χ4n) is 1.28. The van der Waals surface area contributed by atoms with E-state index in [1.165, 1.54) is 13.0 Å².